The lowest BCUT2D eigenvalue weighted by atomic mass is 10.00. The number of pyridine rings is 1. The van der Waals surface area contributed by atoms with E-state index in [1.807, 2.05) is 36.0 Å². The number of imidazole rings is 1. The average molecular weight is 365 g/mol. The predicted molar refractivity (Wildman–Crippen MR) is 99.5 cm³/mol. The highest BCUT2D eigenvalue weighted by Crippen LogP contribution is 2.30. The van der Waals surface area contributed by atoms with Crippen LogP contribution in [0, 0.1) is 6.92 Å². The van der Waals surface area contributed by atoms with E-state index < -0.39 is 17.5 Å². The van der Waals surface area contributed by atoms with Gasteiger partial charge in [0.15, 0.2) is 11.1 Å². The van der Waals surface area contributed by atoms with Gasteiger partial charge in [0.25, 0.3) is 5.91 Å². The molecule has 3 aromatic heterocycles. The molecule has 3 aromatic rings. The van der Waals surface area contributed by atoms with Crippen LogP contribution in [-0.4, -0.2) is 26.5 Å². The van der Waals surface area contributed by atoms with E-state index in [-0.39, 0.29) is 0 Å². The Balaban J connectivity index is 1.75. The highest BCUT2D eigenvalue weighted by molar-refractivity contribution is 6.07. The quantitative estimate of drug-likeness (QED) is 0.692. The van der Waals surface area contributed by atoms with E-state index >= 15 is 0 Å². The van der Waals surface area contributed by atoms with Gasteiger partial charge in [-0.25, -0.2) is 14.8 Å². The molecule has 1 aliphatic heterocycles. The van der Waals surface area contributed by atoms with Gasteiger partial charge in [-0.3, -0.25) is 10.1 Å². The summed E-state index contributed by atoms with van der Waals surface area (Å²) in [5.41, 5.74) is 1.79. The predicted octanol–water partition coefficient (Wildman–Crippen LogP) is 2.80. The number of urea groups is 1. The van der Waals surface area contributed by atoms with E-state index in [2.05, 4.69) is 27.5 Å². The second kappa shape index (κ2) is 6.08. The maximum Gasteiger partial charge on any atom is 0.322 e. The van der Waals surface area contributed by atoms with Crippen LogP contribution in [0.15, 0.2) is 35.0 Å². The van der Waals surface area contributed by atoms with Crippen molar-refractivity contribution in [3.63, 3.8) is 0 Å². The molecule has 1 unspecified atom stereocenters. The molecular formula is C19H19N5O3. The van der Waals surface area contributed by atoms with Gasteiger partial charge in [-0.2, -0.15) is 0 Å². The number of imide groups is 1. The van der Waals surface area contributed by atoms with Crippen LogP contribution >= 0.6 is 0 Å². The second-order valence-corrected chi connectivity index (χ2v) is 6.61. The molecule has 8 heteroatoms. The number of nitrogens with one attached hydrogen (secondary N) is 2. The lowest BCUT2D eigenvalue weighted by Gasteiger charge is -2.16. The first-order valence-electron chi connectivity index (χ1n) is 8.66. The van der Waals surface area contributed by atoms with Crippen LogP contribution in [0.2, 0.25) is 0 Å². The van der Waals surface area contributed by atoms with Crippen LogP contribution in [0.4, 0.5) is 4.79 Å². The summed E-state index contributed by atoms with van der Waals surface area (Å²) in [6.45, 7) is 5.60. The number of nitrogens with zero attached hydrogens (tertiary/aromatic N) is 3. The molecule has 1 atom stereocenters. The summed E-state index contributed by atoms with van der Waals surface area (Å²) in [4.78, 5) is 32.5. The summed E-state index contributed by atoms with van der Waals surface area (Å²) in [7, 11) is 0. The van der Waals surface area contributed by atoms with Crippen LogP contribution in [0.3, 0.4) is 0 Å². The molecule has 0 bridgehead atoms. The smallest absolute Gasteiger partial charge is 0.322 e. The molecule has 3 amide bonds. The highest BCUT2D eigenvalue weighted by atomic mass is 16.3. The van der Waals surface area contributed by atoms with E-state index in [1.165, 1.54) is 0 Å². The Kier molecular flexibility index (Phi) is 3.83. The molecular weight excluding hydrogens is 346 g/mol. The summed E-state index contributed by atoms with van der Waals surface area (Å²) in [5.74, 6) is 0.790. The fourth-order valence-corrected chi connectivity index (χ4v) is 3.10. The minimum absolute atomic E-state index is 0.345. The molecule has 1 aliphatic rings. The Morgan fingerprint density at radius 2 is 2.19 bits per heavy atom. The fourth-order valence-electron chi connectivity index (χ4n) is 3.10. The van der Waals surface area contributed by atoms with Gasteiger partial charge in [0, 0.05) is 24.7 Å². The zero-order valence-electron chi connectivity index (χ0n) is 15.2. The van der Waals surface area contributed by atoms with E-state index in [1.54, 1.807) is 19.2 Å². The minimum Gasteiger partial charge on any atom is -0.456 e. The molecule has 0 spiro atoms. The number of fused-ring (bicyclic) bond motifs is 1. The van der Waals surface area contributed by atoms with Crippen LogP contribution in [0.1, 0.15) is 37.5 Å². The maximum atomic E-state index is 12.1. The molecule has 27 heavy (non-hydrogen) atoms. The normalized spacial score (nSPS) is 20.2. The molecule has 0 aliphatic carbocycles. The fraction of sp³-hybridized carbons (Fsp3) is 0.263. The number of rotatable bonds is 4. The number of hydrogen-bond acceptors (Lipinski definition) is 5. The van der Waals surface area contributed by atoms with Crippen molar-refractivity contribution in [1.82, 2.24) is 25.2 Å². The molecule has 0 radical (unpaired) electrons. The van der Waals surface area contributed by atoms with E-state index in [0.717, 1.165) is 23.5 Å². The summed E-state index contributed by atoms with van der Waals surface area (Å²) in [5, 5.41) is 4.83. The van der Waals surface area contributed by atoms with Gasteiger partial charge in [0.1, 0.15) is 17.1 Å². The lowest BCUT2D eigenvalue weighted by Crippen LogP contribution is -2.40. The van der Waals surface area contributed by atoms with E-state index in [9.17, 15) is 9.59 Å². The van der Waals surface area contributed by atoms with Gasteiger partial charge in [0.05, 0.1) is 5.69 Å². The van der Waals surface area contributed by atoms with Gasteiger partial charge >= 0.3 is 6.03 Å². The Bertz CT molecular complexity index is 1090. The van der Waals surface area contributed by atoms with Gasteiger partial charge in [0.2, 0.25) is 0 Å². The number of carbonyl (C=O) groups is 2. The summed E-state index contributed by atoms with van der Waals surface area (Å²) < 4.78 is 7.74. The Hall–Kier alpha value is -3.42. The third-order valence-corrected chi connectivity index (χ3v) is 4.78. The molecule has 1 fully saturated rings. The van der Waals surface area contributed by atoms with Crippen LogP contribution in [0.25, 0.3) is 22.9 Å². The summed E-state index contributed by atoms with van der Waals surface area (Å²) in [6.07, 6.45) is 6.43. The first-order chi connectivity index (χ1) is 12.9. The minimum atomic E-state index is -1.24. The standard InChI is InChI=1S/C19H19N5O3/c1-4-12(10-24-8-7-20-11(24)2)13-5-6-15-14(21-13)9-16(27-15)19(3)17(25)22-18(26)23-19/h5-10H,4H2,1-3H3,(H2,22,23,25,26)/b12-10+. The largest absolute Gasteiger partial charge is 0.456 e. The average Bonchev–Trinajstić information content (AvgIpc) is 3.30. The molecule has 8 nitrogen and oxygen atoms in total. The molecule has 1 saturated heterocycles. The van der Waals surface area contributed by atoms with Gasteiger partial charge in [-0.05, 0) is 38.0 Å². The number of aryl methyl sites for hydroxylation is 1. The number of allylic oxidation sites excluding steroid dienone is 1. The van der Waals surface area contributed by atoms with E-state index in [0.29, 0.717) is 16.9 Å². The highest BCUT2D eigenvalue weighted by Gasteiger charge is 2.46. The SMILES string of the molecule is CC/C(=C\n1ccnc1C)c1ccc2oc(C3(C)NC(=O)NC3=O)cc2n1. The molecule has 4 heterocycles. The van der Waals surface area contributed by atoms with Gasteiger partial charge in [-0.15, -0.1) is 0 Å². The van der Waals surface area contributed by atoms with E-state index in [4.69, 9.17) is 4.42 Å². The third kappa shape index (κ3) is 2.79. The van der Waals surface area contributed by atoms with Crippen molar-refractivity contribution in [1.29, 1.82) is 0 Å². The van der Waals surface area contributed by atoms with Crippen molar-refractivity contribution >= 4 is 34.8 Å². The topological polar surface area (TPSA) is 102 Å². The maximum absolute atomic E-state index is 12.1. The van der Waals surface area contributed by atoms with Crippen LogP contribution in [0.5, 0.6) is 0 Å². The summed E-state index contributed by atoms with van der Waals surface area (Å²) >= 11 is 0. The summed E-state index contributed by atoms with van der Waals surface area (Å²) in [6, 6.07) is 4.86. The molecule has 138 valence electrons. The van der Waals surface area contributed by atoms with Crippen molar-refractivity contribution < 1.29 is 14.0 Å². The lowest BCUT2D eigenvalue weighted by molar-refractivity contribution is -0.124. The number of carbonyl (C=O) groups excluding carboxylic acids is 2. The second-order valence-electron chi connectivity index (χ2n) is 6.61. The van der Waals surface area contributed by atoms with Crippen molar-refractivity contribution in [3.05, 3.63) is 47.9 Å². The Morgan fingerprint density at radius 3 is 2.81 bits per heavy atom. The zero-order chi connectivity index (χ0) is 19.2. The number of amides is 3. The van der Waals surface area contributed by atoms with Crippen LogP contribution in [-0.2, 0) is 10.3 Å². The van der Waals surface area contributed by atoms with Crippen molar-refractivity contribution in [2.24, 2.45) is 0 Å². The van der Waals surface area contributed by atoms with Crippen molar-refractivity contribution in [2.75, 3.05) is 0 Å². The first kappa shape index (κ1) is 17.0. The van der Waals surface area contributed by atoms with Gasteiger partial charge < -0.3 is 14.3 Å². The Labute approximate surface area is 155 Å². The Morgan fingerprint density at radius 1 is 1.37 bits per heavy atom. The van der Waals surface area contributed by atoms with Crippen molar-refractivity contribution in [2.45, 2.75) is 32.7 Å². The van der Waals surface area contributed by atoms with Gasteiger partial charge in [-0.1, -0.05) is 6.92 Å². The molecule has 0 saturated carbocycles. The third-order valence-electron chi connectivity index (χ3n) is 4.78. The molecule has 4 rings (SSSR count). The number of hydrogen-bond donors (Lipinski definition) is 2. The molecule has 0 aromatic carbocycles. The zero-order valence-corrected chi connectivity index (χ0v) is 15.2. The number of aromatic nitrogens is 3. The monoisotopic (exact) mass is 365 g/mol. The molecule has 2 N–H and O–H groups in total. The van der Waals surface area contributed by atoms with Crippen molar-refractivity contribution in [3.8, 4) is 0 Å². The first-order valence-corrected chi connectivity index (χ1v) is 8.66. The van der Waals surface area contributed by atoms with Crippen LogP contribution < -0.4 is 10.6 Å². The number of furan rings is 1.